The van der Waals surface area contributed by atoms with E-state index in [9.17, 15) is 4.79 Å². The number of amides is 1. The van der Waals surface area contributed by atoms with E-state index in [1.807, 2.05) is 37.3 Å². The highest BCUT2D eigenvalue weighted by molar-refractivity contribution is 5.82. The molecule has 2 rings (SSSR count). The quantitative estimate of drug-likeness (QED) is 0.815. The van der Waals surface area contributed by atoms with Crippen molar-refractivity contribution in [2.45, 2.75) is 19.0 Å². The summed E-state index contributed by atoms with van der Waals surface area (Å²) in [6, 6.07) is 9.72. The second-order valence-electron chi connectivity index (χ2n) is 4.22. The summed E-state index contributed by atoms with van der Waals surface area (Å²) in [5.74, 6) is 0.000975. The zero-order valence-corrected chi connectivity index (χ0v) is 9.98. The van der Waals surface area contributed by atoms with E-state index in [0.717, 1.165) is 12.1 Å². The molecule has 92 valence electrons. The van der Waals surface area contributed by atoms with Crippen LogP contribution in [0.4, 0.5) is 0 Å². The fraction of sp³-hybridized carbons (Fsp3) is 0.462. The third-order valence-electron chi connectivity index (χ3n) is 2.90. The number of hydrogen-bond acceptors (Lipinski definition) is 3. The first-order valence-corrected chi connectivity index (χ1v) is 5.94. The van der Waals surface area contributed by atoms with Crippen molar-refractivity contribution in [3.05, 3.63) is 35.9 Å². The molecule has 2 atom stereocenters. The van der Waals surface area contributed by atoms with Gasteiger partial charge in [-0.3, -0.25) is 4.79 Å². The lowest BCUT2D eigenvalue weighted by molar-refractivity contribution is -0.126. The Morgan fingerprint density at radius 1 is 1.47 bits per heavy atom. The molecule has 1 saturated heterocycles. The fourth-order valence-corrected chi connectivity index (χ4v) is 1.87. The van der Waals surface area contributed by atoms with Crippen molar-refractivity contribution < 1.29 is 9.53 Å². The lowest BCUT2D eigenvalue weighted by atomic mass is 10.1. The van der Waals surface area contributed by atoms with Gasteiger partial charge in [0.25, 0.3) is 0 Å². The maximum absolute atomic E-state index is 11.9. The molecule has 0 spiro atoms. The lowest BCUT2D eigenvalue weighted by Gasteiger charge is -2.24. The van der Waals surface area contributed by atoms with Crippen LogP contribution in [-0.2, 0) is 9.53 Å². The molecular weight excluding hydrogens is 216 g/mol. The molecule has 4 heteroatoms. The second kappa shape index (κ2) is 5.80. The Kier molecular flexibility index (Phi) is 4.12. The molecule has 1 aromatic rings. The molecule has 0 unspecified atom stereocenters. The molecule has 1 heterocycles. The summed E-state index contributed by atoms with van der Waals surface area (Å²) in [6.45, 7) is 3.85. The normalized spacial score (nSPS) is 21.8. The van der Waals surface area contributed by atoms with Crippen LogP contribution < -0.4 is 10.6 Å². The Morgan fingerprint density at radius 2 is 2.24 bits per heavy atom. The minimum Gasteiger partial charge on any atom is -0.378 e. The number of ether oxygens (including phenoxy) is 1. The smallest absolute Gasteiger partial charge is 0.240 e. The highest BCUT2D eigenvalue weighted by atomic mass is 16.5. The molecule has 0 saturated carbocycles. The molecule has 1 amide bonds. The molecule has 2 N–H and O–H groups in total. The van der Waals surface area contributed by atoms with Gasteiger partial charge in [0.15, 0.2) is 0 Å². The maximum Gasteiger partial charge on any atom is 0.240 e. The van der Waals surface area contributed by atoms with Crippen molar-refractivity contribution in [1.82, 2.24) is 10.6 Å². The van der Waals surface area contributed by atoms with Crippen LogP contribution in [0.5, 0.6) is 0 Å². The molecule has 1 fully saturated rings. The van der Waals surface area contributed by atoms with Crippen LogP contribution in [0.15, 0.2) is 30.3 Å². The molecule has 1 aliphatic rings. The number of rotatable bonds is 3. The molecule has 0 aromatic heterocycles. The van der Waals surface area contributed by atoms with Crippen LogP contribution in [0.25, 0.3) is 0 Å². The molecule has 1 aromatic carbocycles. The topological polar surface area (TPSA) is 50.4 Å². The van der Waals surface area contributed by atoms with E-state index in [0.29, 0.717) is 13.2 Å². The lowest BCUT2D eigenvalue weighted by Crippen LogP contribution is -2.51. The Hall–Kier alpha value is -1.39. The van der Waals surface area contributed by atoms with Gasteiger partial charge in [-0.05, 0) is 12.5 Å². The van der Waals surface area contributed by atoms with Crippen molar-refractivity contribution in [3.8, 4) is 0 Å². The second-order valence-corrected chi connectivity index (χ2v) is 4.22. The first kappa shape index (κ1) is 12.1. The zero-order valence-electron chi connectivity index (χ0n) is 9.98. The standard InChI is InChI=1S/C13H18N2O2/c1-10(11-5-3-2-4-6-11)15-13(16)12-9-17-8-7-14-12/h2-6,10,12,14H,7-9H2,1H3,(H,15,16)/t10-,12+/m0/s1. The zero-order chi connectivity index (χ0) is 12.1. The molecule has 0 radical (unpaired) electrons. The van der Waals surface area contributed by atoms with Crippen LogP contribution in [0, 0.1) is 0 Å². The van der Waals surface area contributed by atoms with Crippen molar-refractivity contribution in [2.75, 3.05) is 19.8 Å². The van der Waals surface area contributed by atoms with Gasteiger partial charge in [-0.1, -0.05) is 30.3 Å². The Balaban J connectivity index is 1.89. The molecule has 0 bridgehead atoms. The average molecular weight is 234 g/mol. The summed E-state index contributed by atoms with van der Waals surface area (Å²) in [7, 11) is 0. The third kappa shape index (κ3) is 3.28. The molecule has 17 heavy (non-hydrogen) atoms. The summed E-state index contributed by atoms with van der Waals surface area (Å²) < 4.78 is 5.27. The van der Waals surface area contributed by atoms with E-state index < -0.39 is 0 Å². The van der Waals surface area contributed by atoms with Crippen LogP contribution in [-0.4, -0.2) is 31.7 Å². The summed E-state index contributed by atoms with van der Waals surface area (Å²) >= 11 is 0. The van der Waals surface area contributed by atoms with E-state index >= 15 is 0 Å². The van der Waals surface area contributed by atoms with Gasteiger partial charge in [-0.2, -0.15) is 0 Å². The minimum atomic E-state index is -0.227. The Morgan fingerprint density at radius 3 is 2.88 bits per heavy atom. The van der Waals surface area contributed by atoms with Crippen LogP contribution in [0.2, 0.25) is 0 Å². The predicted molar refractivity (Wildman–Crippen MR) is 65.6 cm³/mol. The van der Waals surface area contributed by atoms with Crippen molar-refractivity contribution in [1.29, 1.82) is 0 Å². The van der Waals surface area contributed by atoms with E-state index in [-0.39, 0.29) is 18.0 Å². The van der Waals surface area contributed by atoms with Crippen LogP contribution in [0.1, 0.15) is 18.5 Å². The van der Waals surface area contributed by atoms with Gasteiger partial charge in [0.05, 0.1) is 19.3 Å². The van der Waals surface area contributed by atoms with Crippen molar-refractivity contribution >= 4 is 5.91 Å². The maximum atomic E-state index is 11.9. The summed E-state index contributed by atoms with van der Waals surface area (Å²) in [5.41, 5.74) is 1.11. The number of carbonyl (C=O) groups excluding carboxylic acids is 1. The van der Waals surface area contributed by atoms with Gasteiger partial charge in [-0.15, -0.1) is 0 Å². The van der Waals surface area contributed by atoms with Crippen LogP contribution >= 0.6 is 0 Å². The number of benzene rings is 1. The van der Waals surface area contributed by atoms with Gasteiger partial charge in [0.1, 0.15) is 6.04 Å². The molecule has 1 aliphatic heterocycles. The van der Waals surface area contributed by atoms with E-state index in [4.69, 9.17) is 4.74 Å². The first-order valence-electron chi connectivity index (χ1n) is 5.94. The summed E-state index contributed by atoms with van der Waals surface area (Å²) in [4.78, 5) is 11.9. The predicted octanol–water partition coefficient (Wildman–Crippen LogP) is 0.852. The van der Waals surface area contributed by atoms with Gasteiger partial charge < -0.3 is 15.4 Å². The highest BCUT2D eigenvalue weighted by Gasteiger charge is 2.22. The van der Waals surface area contributed by atoms with E-state index in [1.165, 1.54) is 0 Å². The molecular formula is C13H18N2O2. The number of morpholine rings is 1. The Labute approximate surface area is 101 Å². The monoisotopic (exact) mass is 234 g/mol. The van der Waals surface area contributed by atoms with Crippen molar-refractivity contribution in [2.24, 2.45) is 0 Å². The number of hydrogen-bond donors (Lipinski definition) is 2. The number of carbonyl (C=O) groups is 1. The summed E-state index contributed by atoms with van der Waals surface area (Å²) in [6.07, 6.45) is 0. The van der Waals surface area contributed by atoms with Gasteiger partial charge in [-0.25, -0.2) is 0 Å². The first-order chi connectivity index (χ1) is 8.27. The fourth-order valence-electron chi connectivity index (χ4n) is 1.87. The van der Waals surface area contributed by atoms with Crippen LogP contribution in [0.3, 0.4) is 0 Å². The molecule has 0 aliphatic carbocycles. The number of nitrogens with one attached hydrogen (secondary N) is 2. The summed E-state index contributed by atoms with van der Waals surface area (Å²) in [5, 5.41) is 6.12. The van der Waals surface area contributed by atoms with Gasteiger partial charge >= 0.3 is 0 Å². The minimum absolute atomic E-state index is 0.000975. The van der Waals surface area contributed by atoms with Gasteiger partial charge in [0.2, 0.25) is 5.91 Å². The highest BCUT2D eigenvalue weighted by Crippen LogP contribution is 2.11. The Bertz CT molecular complexity index is 361. The SMILES string of the molecule is C[C@H](NC(=O)[C@H]1COCCN1)c1ccccc1. The molecule has 4 nitrogen and oxygen atoms in total. The van der Waals surface area contributed by atoms with E-state index in [1.54, 1.807) is 0 Å². The average Bonchev–Trinajstić information content (AvgIpc) is 2.40. The van der Waals surface area contributed by atoms with E-state index in [2.05, 4.69) is 10.6 Å². The largest absolute Gasteiger partial charge is 0.378 e. The van der Waals surface area contributed by atoms with Gasteiger partial charge in [0, 0.05) is 6.54 Å². The van der Waals surface area contributed by atoms with Crippen molar-refractivity contribution in [3.63, 3.8) is 0 Å². The third-order valence-corrected chi connectivity index (χ3v) is 2.90.